The summed E-state index contributed by atoms with van der Waals surface area (Å²) in [4.78, 5) is 14.4. The van der Waals surface area contributed by atoms with Crippen LogP contribution >= 0.6 is 0 Å². The van der Waals surface area contributed by atoms with Gasteiger partial charge in [0.2, 0.25) is 0 Å². The summed E-state index contributed by atoms with van der Waals surface area (Å²) in [5.41, 5.74) is 1.81. The number of rotatable bonds is 5. The van der Waals surface area contributed by atoms with Crippen molar-refractivity contribution in [3.05, 3.63) is 71.1 Å². The molecule has 0 aromatic heterocycles. The number of hydrogen-bond donors (Lipinski definition) is 1. The van der Waals surface area contributed by atoms with Gasteiger partial charge >= 0.3 is 0 Å². The predicted octanol–water partition coefficient (Wildman–Crippen LogP) is 3.97. The second-order valence-electron chi connectivity index (χ2n) is 6.91. The van der Waals surface area contributed by atoms with Crippen molar-refractivity contribution in [3.63, 3.8) is 0 Å². The van der Waals surface area contributed by atoms with Crippen molar-refractivity contribution in [2.75, 3.05) is 17.8 Å². The van der Waals surface area contributed by atoms with E-state index >= 15 is 0 Å². The van der Waals surface area contributed by atoms with E-state index in [1.807, 2.05) is 35.2 Å². The predicted molar refractivity (Wildman–Crippen MR) is 109 cm³/mol. The number of hydrogen-bond acceptors (Lipinski definition) is 3. The Bertz CT molecular complexity index is 898. The third-order valence-electron chi connectivity index (χ3n) is 4.70. The molecule has 0 aliphatic carbocycles. The average Bonchev–Trinajstić information content (AvgIpc) is 2.68. The molecule has 2 aromatic rings. The molecule has 1 aliphatic heterocycles. The zero-order valence-corrected chi connectivity index (χ0v) is 16.2. The van der Waals surface area contributed by atoms with Crippen LogP contribution in [0.3, 0.4) is 0 Å². The lowest BCUT2D eigenvalue weighted by atomic mass is 9.98. The van der Waals surface area contributed by atoms with Crippen molar-refractivity contribution in [3.8, 4) is 0 Å². The Morgan fingerprint density at radius 2 is 1.67 bits per heavy atom. The minimum absolute atomic E-state index is 0.000260. The highest BCUT2D eigenvalue weighted by Gasteiger charge is 2.21. The van der Waals surface area contributed by atoms with Crippen molar-refractivity contribution < 1.29 is 13.2 Å². The highest BCUT2D eigenvalue weighted by molar-refractivity contribution is 7.95. The molecular formula is C21H24N2O3S. The number of benzene rings is 2. The second-order valence-corrected chi connectivity index (χ2v) is 8.48. The van der Waals surface area contributed by atoms with Gasteiger partial charge < -0.3 is 4.90 Å². The Labute approximate surface area is 160 Å². The largest absolute Gasteiger partial charge is 0.339 e. The molecule has 0 spiro atoms. The van der Waals surface area contributed by atoms with Crippen LogP contribution in [0.4, 0.5) is 5.69 Å². The molecule has 1 aliphatic rings. The quantitative estimate of drug-likeness (QED) is 0.848. The zero-order chi connectivity index (χ0) is 19.3. The van der Waals surface area contributed by atoms with Gasteiger partial charge in [0, 0.05) is 24.3 Å². The fraction of sp³-hybridized carbons (Fsp3) is 0.286. The van der Waals surface area contributed by atoms with E-state index in [0.29, 0.717) is 17.2 Å². The summed E-state index contributed by atoms with van der Waals surface area (Å²) in [5.74, 6) is 0.662. The van der Waals surface area contributed by atoms with Gasteiger partial charge in [-0.1, -0.05) is 37.3 Å². The van der Waals surface area contributed by atoms with E-state index in [1.54, 1.807) is 24.3 Å². The maximum atomic E-state index is 12.5. The van der Waals surface area contributed by atoms with Gasteiger partial charge in [-0.2, -0.15) is 0 Å². The summed E-state index contributed by atoms with van der Waals surface area (Å²) < 4.78 is 26.9. The van der Waals surface area contributed by atoms with Crippen molar-refractivity contribution in [1.29, 1.82) is 0 Å². The minimum Gasteiger partial charge on any atom is -0.339 e. The first-order valence-electron chi connectivity index (χ1n) is 9.08. The van der Waals surface area contributed by atoms with E-state index in [4.69, 9.17) is 0 Å². The topological polar surface area (TPSA) is 66.5 Å². The number of piperidine rings is 1. The number of nitrogens with zero attached hydrogens (tertiary/aromatic N) is 1. The van der Waals surface area contributed by atoms with Crippen LogP contribution < -0.4 is 4.72 Å². The van der Waals surface area contributed by atoms with Crippen molar-refractivity contribution in [2.24, 2.45) is 5.92 Å². The third kappa shape index (κ3) is 5.44. The number of carbonyl (C=O) groups excluding carboxylic acids is 1. The minimum atomic E-state index is -3.62. The Morgan fingerprint density at radius 1 is 1.04 bits per heavy atom. The molecule has 1 heterocycles. The summed E-state index contributed by atoms with van der Waals surface area (Å²) in [6.07, 6.45) is 3.59. The SMILES string of the molecule is CC1CCN(C(=O)c2ccc(NS(=O)(=O)/C=C/c3ccccc3)cc2)CC1. The Kier molecular flexibility index (Phi) is 5.96. The summed E-state index contributed by atoms with van der Waals surface area (Å²) in [6.45, 7) is 3.76. The van der Waals surface area contributed by atoms with Gasteiger partial charge in [0.15, 0.2) is 0 Å². The Balaban J connectivity index is 1.63. The maximum Gasteiger partial charge on any atom is 0.255 e. The number of carbonyl (C=O) groups is 1. The van der Waals surface area contributed by atoms with Crippen molar-refractivity contribution in [2.45, 2.75) is 19.8 Å². The smallest absolute Gasteiger partial charge is 0.255 e. The lowest BCUT2D eigenvalue weighted by molar-refractivity contribution is 0.0697. The molecule has 0 saturated carbocycles. The molecule has 2 aromatic carbocycles. The van der Waals surface area contributed by atoms with E-state index < -0.39 is 10.0 Å². The van der Waals surface area contributed by atoms with Crippen LogP contribution in [0.15, 0.2) is 60.0 Å². The molecule has 3 rings (SSSR count). The first-order valence-corrected chi connectivity index (χ1v) is 10.6. The van der Waals surface area contributed by atoms with Gasteiger partial charge in [0.1, 0.15) is 0 Å². The van der Waals surface area contributed by atoms with E-state index in [2.05, 4.69) is 11.6 Å². The molecular weight excluding hydrogens is 360 g/mol. The van der Waals surface area contributed by atoms with Crippen LogP contribution in [0.25, 0.3) is 6.08 Å². The first kappa shape index (κ1) is 19.2. The second kappa shape index (κ2) is 8.39. The van der Waals surface area contributed by atoms with Gasteiger partial charge in [0.25, 0.3) is 15.9 Å². The summed E-state index contributed by atoms with van der Waals surface area (Å²) >= 11 is 0. The van der Waals surface area contributed by atoms with Crippen LogP contribution in [0, 0.1) is 5.92 Å². The van der Waals surface area contributed by atoms with Crippen LogP contribution in [-0.4, -0.2) is 32.3 Å². The third-order valence-corrected chi connectivity index (χ3v) is 5.72. The summed E-state index contributed by atoms with van der Waals surface area (Å²) in [5, 5.41) is 1.14. The Morgan fingerprint density at radius 3 is 2.30 bits per heavy atom. The van der Waals surface area contributed by atoms with Crippen molar-refractivity contribution >= 4 is 27.7 Å². The van der Waals surface area contributed by atoms with Crippen LogP contribution in [0.5, 0.6) is 0 Å². The molecule has 1 N–H and O–H groups in total. The van der Waals surface area contributed by atoms with E-state index in [1.165, 1.54) is 6.08 Å². The zero-order valence-electron chi connectivity index (χ0n) is 15.3. The van der Waals surface area contributed by atoms with E-state index in [-0.39, 0.29) is 5.91 Å². The van der Waals surface area contributed by atoms with Crippen LogP contribution in [0.1, 0.15) is 35.7 Å². The van der Waals surface area contributed by atoms with Gasteiger partial charge in [-0.25, -0.2) is 8.42 Å². The Hall–Kier alpha value is -2.60. The molecule has 1 saturated heterocycles. The molecule has 0 bridgehead atoms. The van der Waals surface area contributed by atoms with E-state index in [0.717, 1.165) is 36.9 Å². The number of amides is 1. The van der Waals surface area contributed by atoms with Gasteiger partial charge in [-0.05, 0) is 54.7 Å². The van der Waals surface area contributed by atoms with Crippen LogP contribution in [-0.2, 0) is 10.0 Å². The highest BCUT2D eigenvalue weighted by Crippen LogP contribution is 2.19. The van der Waals surface area contributed by atoms with Gasteiger partial charge in [-0.3, -0.25) is 9.52 Å². The van der Waals surface area contributed by atoms with Crippen LogP contribution in [0.2, 0.25) is 0 Å². The monoisotopic (exact) mass is 384 g/mol. The van der Waals surface area contributed by atoms with Gasteiger partial charge in [-0.15, -0.1) is 0 Å². The average molecular weight is 385 g/mol. The molecule has 1 amide bonds. The standard InChI is InChI=1S/C21H24N2O3S/c1-17-11-14-23(15-12-17)21(24)19-7-9-20(10-8-19)22-27(25,26)16-13-18-5-3-2-4-6-18/h2-10,13,16-17,22H,11-12,14-15H2,1H3/b16-13+. The number of likely N-dealkylation sites (tertiary alicyclic amines) is 1. The normalized spacial score (nSPS) is 15.8. The highest BCUT2D eigenvalue weighted by atomic mass is 32.2. The molecule has 0 unspecified atom stereocenters. The molecule has 0 radical (unpaired) electrons. The lowest BCUT2D eigenvalue weighted by Crippen LogP contribution is -2.37. The first-order chi connectivity index (χ1) is 12.9. The van der Waals surface area contributed by atoms with Gasteiger partial charge in [0.05, 0.1) is 5.41 Å². The van der Waals surface area contributed by atoms with Crippen molar-refractivity contribution in [1.82, 2.24) is 4.90 Å². The number of nitrogens with one attached hydrogen (secondary N) is 1. The molecule has 5 nitrogen and oxygen atoms in total. The molecule has 27 heavy (non-hydrogen) atoms. The molecule has 142 valence electrons. The lowest BCUT2D eigenvalue weighted by Gasteiger charge is -2.30. The summed E-state index contributed by atoms with van der Waals surface area (Å²) in [7, 11) is -3.62. The molecule has 1 fully saturated rings. The maximum absolute atomic E-state index is 12.5. The fourth-order valence-electron chi connectivity index (χ4n) is 3.01. The number of sulfonamides is 1. The molecule has 0 atom stereocenters. The summed E-state index contributed by atoms with van der Waals surface area (Å²) in [6, 6.07) is 15.8. The van der Waals surface area contributed by atoms with E-state index in [9.17, 15) is 13.2 Å². The number of anilines is 1. The fourth-order valence-corrected chi connectivity index (χ4v) is 3.87. The molecule has 6 heteroatoms.